The number of phenols is 1. The first-order valence-corrected chi connectivity index (χ1v) is 8.90. The number of phenolic OH excluding ortho intramolecular Hbond substituents is 1. The summed E-state index contributed by atoms with van der Waals surface area (Å²) in [5.74, 6) is 0.0274. The summed E-state index contributed by atoms with van der Waals surface area (Å²) in [5, 5.41) is 22.6. The van der Waals surface area contributed by atoms with Crippen LogP contribution in [0.5, 0.6) is 5.75 Å². The van der Waals surface area contributed by atoms with Gasteiger partial charge in [0, 0.05) is 17.2 Å². The highest BCUT2D eigenvalue weighted by molar-refractivity contribution is 5.59. The molecule has 0 aromatic heterocycles. The quantitative estimate of drug-likeness (QED) is 0.724. The number of hydrogen-bond acceptors (Lipinski definition) is 4. The predicted molar refractivity (Wildman–Crippen MR) is 93.3 cm³/mol. The van der Waals surface area contributed by atoms with Crippen molar-refractivity contribution in [1.29, 1.82) is 0 Å². The number of halogens is 3. The van der Waals surface area contributed by atoms with Gasteiger partial charge in [-0.1, -0.05) is 12.1 Å². The van der Waals surface area contributed by atoms with Crippen LogP contribution in [-0.2, 0) is 10.9 Å². The first-order valence-electron chi connectivity index (χ1n) is 8.90. The molecule has 2 aromatic rings. The van der Waals surface area contributed by atoms with Crippen LogP contribution in [-0.4, -0.2) is 22.9 Å². The smallest absolute Gasteiger partial charge is 0.416 e. The Morgan fingerprint density at radius 1 is 1.11 bits per heavy atom. The van der Waals surface area contributed by atoms with Crippen molar-refractivity contribution in [1.82, 2.24) is 0 Å². The third kappa shape index (κ3) is 3.37. The lowest BCUT2D eigenvalue weighted by atomic mass is 9.76. The van der Waals surface area contributed by atoms with Gasteiger partial charge in [0.05, 0.1) is 30.4 Å². The van der Waals surface area contributed by atoms with Crippen LogP contribution in [0.1, 0.15) is 41.7 Å². The van der Waals surface area contributed by atoms with Gasteiger partial charge in [-0.05, 0) is 48.7 Å². The van der Waals surface area contributed by atoms with Gasteiger partial charge in [-0.15, -0.1) is 0 Å². The number of alkyl halides is 3. The second-order valence-electron chi connectivity index (χ2n) is 7.12. The second-order valence-corrected chi connectivity index (χ2v) is 7.12. The first-order chi connectivity index (χ1) is 12.9. The van der Waals surface area contributed by atoms with Crippen molar-refractivity contribution in [2.45, 2.75) is 37.3 Å². The number of benzene rings is 2. The van der Waals surface area contributed by atoms with E-state index in [0.717, 1.165) is 17.7 Å². The van der Waals surface area contributed by atoms with Crippen molar-refractivity contribution >= 4 is 5.69 Å². The lowest BCUT2D eigenvalue weighted by molar-refractivity contribution is -0.138. The molecule has 4 atom stereocenters. The lowest BCUT2D eigenvalue weighted by Gasteiger charge is -2.45. The van der Waals surface area contributed by atoms with E-state index in [-0.39, 0.29) is 24.3 Å². The molecule has 0 radical (unpaired) electrons. The van der Waals surface area contributed by atoms with Gasteiger partial charge in [0.1, 0.15) is 5.75 Å². The van der Waals surface area contributed by atoms with Crippen LogP contribution in [0, 0.1) is 5.92 Å². The number of ether oxygens (including phenoxy) is 1. The van der Waals surface area contributed by atoms with E-state index in [2.05, 4.69) is 5.32 Å². The summed E-state index contributed by atoms with van der Waals surface area (Å²) in [6.45, 7) is -0.165. The fourth-order valence-electron chi connectivity index (χ4n) is 4.11. The molecule has 0 aliphatic carbocycles. The van der Waals surface area contributed by atoms with E-state index in [9.17, 15) is 23.4 Å². The van der Waals surface area contributed by atoms with Gasteiger partial charge in [0.25, 0.3) is 0 Å². The second kappa shape index (κ2) is 6.73. The molecular weight excluding hydrogens is 359 g/mol. The van der Waals surface area contributed by atoms with Crippen LogP contribution >= 0.6 is 0 Å². The third-order valence-electron chi connectivity index (χ3n) is 5.41. The average molecular weight is 379 g/mol. The normalized spacial score (nSPS) is 27.4. The molecule has 27 heavy (non-hydrogen) atoms. The zero-order valence-corrected chi connectivity index (χ0v) is 14.4. The molecule has 4 nitrogen and oxygen atoms in total. The summed E-state index contributed by atoms with van der Waals surface area (Å²) in [5.41, 5.74) is 1.18. The van der Waals surface area contributed by atoms with Crippen LogP contribution < -0.4 is 5.32 Å². The van der Waals surface area contributed by atoms with E-state index < -0.39 is 23.9 Å². The van der Waals surface area contributed by atoms with Gasteiger partial charge < -0.3 is 20.3 Å². The average Bonchev–Trinajstić information content (AvgIpc) is 2.65. The maximum absolute atomic E-state index is 13.2. The molecular formula is C20H20F3NO3. The summed E-state index contributed by atoms with van der Waals surface area (Å²) in [6.07, 6.45) is -4.06. The summed E-state index contributed by atoms with van der Waals surface area (Å²) >= 11 is 0. The molecule has 2 aliphatic rings. The van der Waals surface area contributed by atoms with Crippen molar-refractivity contribution in [3.05, 3.63) is 59.2 Å². The minimum absolute atomic E-state index is 0.106. The van der Waals surface area contributed by atoms with Crippen LogP contribution in [0.3, 0.4) is 0 Å². The molecule has 0 spiro atoms. The Morgan fingerprint density at radius 3 is 2.63 bits per heavy atom. The Bertz CT molecular complexity index is 839. The monoisotopic (exact) mass is 379 g/mol. The van der Waals surface area contributed by atoms with Crippen molar-refractivity contribution in [2.24, 2.45) is 5.92 Å². The number of nitrogens with one attached hydrogen (secondary N) is 1. The van der Waals surface area contributed by atoms with Crippen LogP contribution in [0.4, 0.5) is 18.9 Å². The molecule has 2 heterocycles. The number of fused-ring (bicyclic) bond motifs is 3. The van der Waals surface area contributed by atoms with E-state index in [0.29, 0.717) is 24.1 Å². The number of rotatable bonds is 2. The zero-order chi connectivity index (χ0) is 19.2. The minimum atomic E-state index is -4.43. The largest absolute Gasteiger partial charge is 0.508 e. The van der Waals surface area contributed by atoms with Gasteiger partial charge in [-0.2, -0.15) is 13.2 Å². The first kappa shape index (κ1) is 18.1. The van der Waals surface area contributed by atoms with Gasteiger partial charge in [0.2, 0.25) is 0 Å². The van der Waals surface area contributed by atoms with Crippen LogP contribution in [0.2, 0.25) is 0 Å². The Labute approximate surface area is 154 Å². The zero-order valence-electron chi connectivity index (χ0n) is 14.4. The Morgan fingerprint density at radius 2 is 1.93 bits per heavy atom. The number of aromatic hydroxyl groups is 1. The van der Waals surface area contributed by atoms with Crippen LogP contribution in [0.15, 0.2) is 42.5 Å². The highest BCUT2D eigenvalue weighted by Gasteiger charge is 2.43. The van der Waals surface area contributed by atoms with E-state index in [1.807, 2.05) is 6.07 Å². The maximum atomic E-state index is 13.2. The molecule has 3 N–H and O–H groups in total. The molecule has 0 amide bonds. The molecule has 0 unspecified atom stereocenters. The molecule has 144 valence electrons. The molecule has 2 aromatic carbocycles. The van der Waals surface area contributed by atoms with Crippen LogP contribution in [0.25, 0.3) is 0 Å². The summed E-state index contributed by atoms with van der Waals surface area (Å²) in [7, 11) is 0. The molecule has 0 saturated carbocycles. The van der Waals surface area contributed by atoms with E-state index in [1.54, 1.807) is 18.2 Å². The molecule has 7 heteroatoms. The highest BCUT2D eigenvalue weighted by atomic mass is 19.4. The predicted octanol–water partition coefficient (Wildman–Crippen LogP) is 4.41. The maximum Gasteiger partial charge on any atom is 0.416 e. The van der Waals surface area contributed by atoms with E-state index in [4.69, 9.17) is 4.74 Å². The minimum Gasteiger partial charge on any atom is -0.508 e. The fourth-order valence-corrected chi connectivity index (χ4v) is 4.11. The number of hydrogen-bond donors (Lipinski definition) is 3. The van der Waals surface area contributed by atoms with Crippen molar-refractivity contribution < 1.29 is 28.1 Å². The van der Waals surface area contributed by atoms with E-state index in [1.165, 1.54) is 6.07 Å². The summed E-state index contributed by atoms with van der Waals surface area (Å²) < 4.78 is 45.5. The topological polar surface area (TPSA) is 61.7 Å². The standard InChI is InChI=1S/C20H20F3NO3/c21-20(22,23)12-4-7-17-16(9-12)19-15(6-5-14(10-25)27-19)18(24-17)11-2-1-3-13(26)8-11/h1-4,7-9,14-15,18-19,24-26H,5-6,10H2/t14-,15+,18+,19+/m0/s1. The Hall–Kier alpha value is -2.25. The Kier molecular flexibility index (Phi) is 4.52. The molecule has 1 saturated heterocycles. The van der Waals surface area contributed by atoms with Crippen molar-refractivity contribution in [3.8, 4) is 5.75 Å². The SMILES string of the molecule is OC[C@@H]1CC[C@@H]2[C@@H](c3cccc(O)c3)Nc3ccc(C(F)(F)F)cc3[C@@H]2O1. The van der Waals surface area contributed by atoms with Crippen molar-refractivity contribution in [3.63, 3.8) is 0 Å². The van der Waals surface area contributed by atoms with Gasteiger partial charge in [0.15, 0.2) is 0 Å². The number of anilines is 1. The van der Waals surface area contributed by atoms with E-state index >= 15 is 0 Å². The van der Waals surface area contributed by atoms with Gasteiger partial charge >= 0.3 is 6.18 Å². The molecule has 2 aliphatic heterocycles. The fraction of sp³-hybridized carbons (Fsp3) is 0.400. The molecule has 0 bridgehead atoms. The number of aliphatic hydroxyl groups is 1. The lowest BCUT2D eigenvalue weighted by Crippen LogP contribution is -2.40. The third-order valence-corrected chi connectivity index (χ3v) is 5.41. The van der Waals surface area contributed by atoms with Crippen molar-refractivity contribution in [2.75, 3.05) is 11.9 Å². The van der Waals surface area contributed by atoms with Gasteiger partial charge in [-0.25, -0.2) is 0 Å². The highest BCUT2D eigenvalue weighted by Crippen LogP contribution is 2.51. The molecule has 4 rings (SSSR count). The summed E-state index contributed by atoms with van der Waals surface area (Å²) in [4.78, 5) is 0. The number of aliphatic hydroxyl groups excluding tert-OH is 1. The molecule has 1 fully saturated rings. The summed E-state index contributed by atoms with van der Waals surface area (Å²) in [6, 6.07) is 10.3. The Balaban J connectivity index is 1.78. The van der Waals surface area contributed by atoms with Gasteiger partial charge in [-0.3, -0.25) is 0 Å².